The Balaban J connectivity index is 0.00000228. The van der Waals surface area contributed by atoms with E-state index in [0.29, 0.717) is 0 Å². The first-order chi connectivity index (χ1) is 16.1. The molecular weight excluding hydrogens is 551 g/mol. The molecule has 4 heteroatoms. The fourth-order valence-corrected chi connectivity index (χ4v) is 7.37. The van der Waals surface area contributed by atoms with Crippen LogP contribution in [0, 0.1) is 41.5 Å². The Kier molecular flexibility index (Phi) is 12.0. The van der Waals surface area contributed by atoms with E-state index in [1.54, 1.807) is 0 Å². The van der Waals surface area contributed by atoms with Crippen LogP contribution in [0.1, 0.15) is 69.8 Å². The molecule has 3 aromatic rings. The summed E-state index contributed by atoms with van der Waals surface area (Å²) in [5, 5.41) is 0. The van der Waals surface area contributed by atoms with E-state index in [1.807, 2.05) is 0 Å². The van der Waals surface area contributed by atoms with Gasteiger partial charge in [-0.3, -0.25) is 0 Å². The molecule has 0 spiro atoms. The Bertz CT molecular complexity index is 1120. The largest absolute Gasteiger partial charge is 1.00 e. The molecule has 4 rings (SSSR count). The number of allylic oxidation sites excluding steroid dienone is 4. The SMILES string of the molecule is CCCC1=CC=C[C]1([Ti+3])C(c1cc(C)cc(C)c1)(c1cc(C)cc(C)c1)c1cc(C)cc(C)c1.[Cl-].[Cl-].[Cl-]. The number of benzene rings is 3. The van der Waals surface area contributed by atoms with Crippen LogP contribution in [0.4, 0.5) is 0 Å². The van der Waals surface area contributed by atoms with Crippen LogP contribution in [-0.2, 0) is 25.9 Å². The van der Waals surface area contributed by atoms with E-state index in [2.05, 4.69) is 142 Å². The Labute approximate surface area is 255 Å². The molecule has 194 valence electrons. The molecule has 0 saturated heterocycles. The van der Waals surface area contributed by atoms with Gasteiger partial charge in [0, 0.05) is 0 Å². The summed E-state index contributed by atoms with van der Waals surface area (Å²) in [6.07, 6.45) is 9.41. The summed E-state index contributed by atoms with van der Waals surface area (Å²) in [7, 11) is 0. The molecule has 1 aliphatic carbocycles. The molecule has 1 aliphatic rings. The van der Waals surface area contributed by atoms with Crippen molar-refractivity contribution < 1.29 is 57.7 Å². The van der Waals surface area contributed by atoms with Gasteiger partial charge in [0.2, 0.25) is 0 Å². The van der Waals surface area contributed by atoms with Gasteiger partial charge in [-0.15, -0.1) is 0 Å². The van der Waals surface area contributed by atoms with Crippen molar-refractivity contribution in [2.75, 3.05) is 0 Å². The van der Waals surface area contributed by atoms with Gasteiger partial charge in [0.25, 0.3) is 0 Å². The maximum absolute atomic E-state index is 2.48. The van der Waals surface area contributed by atoms with Crippen molar-refractivity contribution >= 4 is 0 Å². The first-order valence-electron chi connectivity index (χ1n) is 12.5. The van der Waals surface area contributed by atoms with Gasteiger partial charge in [0.05, 0.1) is 0 Å². The smallest absolute Gasteiger partial charge is 1.00 e. The van der Waals surface area contributed by atoms with E-state index in [4.69, 9.17) is 0 Å². The molecule has 0 N–H and O–H groups in total. The van der Waals surface area contributed by atoms with Crippen LogP contribution in [0.5, 0.6) is 0 Å². The van der Waals surface area contributed by atoms with Crippen LogP contribution in [0.15, 0.2) is 78.4 Å². The summed E-state index contributed by atoms with van der Waals surface area (Å²) in [5.41, 5.74) is 13.2. The predicted molar refractivity (Wildman–Crippen MR) is 142 cm³/mol. The molecule has 1 atom stereocenters. The molecular formula is C33H37Cl3Ti. The van der Waals surface area contributed by atoms with Crippen molar-refractivity contribution in [2.24, 2.45) is 0 Å². The standard InChI is InChI=1S/C33H37.3ClH.Ti/c1-8-10-28-11-9-12-32(28)33(29-16-22(2)13-23(3)17-29,30-18-24(4)14-25(5)19-30)31-20-26(6)15-27(7)21-31;;;;/h9,11-21H,8,10H2,1-7H3;3*1H;/q;;;;+3/p-3. The second-order valence-electron chi connectivity index (χ2n) is 10.5. The van der Waals surface area contributed by atoms with E-state index < -0.39 is 0 Å². The van der Waals surface area contributed by atoms with Gasteiger partial charge in [-0.25, -0.2) is 0 Å². The predicted octanol–water partition coefficient (Wildman–Crippen LogP) is -0.115. The fraction of sp³-hybridized carbons (Fsp3) is 0.333. The number of hydrogen-bond acceptors (Lipinski definition) is 0. The van der Waals surface area contributed by atoms with Gasteiger partial charge in [0.1, 0.15) is 0 Å². The topological polar surface area (TPSA) is 0 Å². The molecule has 0 fully saturated rings. The Morgan fingerprint density at radius 1 is 0.595 bits per heavy atom. The average Bonchev–Trinajstić information content (AvgIpc) is 3.08. The maximum atomic E-state index is 2.48. The molecule has 1 unspecified atom stereocenters. The van der Waals surface area contributed by atoms with Crippen molar-refractivity contribution in [3.8, 4) is 0 Å². The zero-order chi connectivity index (χ0) is 24.7. The zero-order valence-electron chi connectivity index (χ0n) is 23.0. The van der Waals surface area contributed by atoms with Crippen molar-refractivity contribution in [1.29, 1.82) is 0 Å². The van der Waals surface area contributed by atoms with E-state index in [-0.39, 0.29) is 46.4 Å². The molecule has 0 heterocycles. The minimum atomic E-state index is -0.342. The van der Waals surface area contributed by atoms with E-state index in [9.17, 15) is 0 Å². The van der Waals surface area contributed by atoms with E-state index in [0.717, 1.165) is 12.8 Å². The third kappa shape index (κ3) is 6.16. The number of halogens is 3. The molecule has 0 aliphatic heterocycles. The summed E-state index contributed by atoms with van der Waals surface area (Å²) in [6, 6.07) is 21.5. The molecule has 0 saturated carbocycles. The van der Waals surface area contributed by atoms with Gasteiger partial charge in [-0.05, 0) is 0 Å². The number of rotatable bonds is 6. The van der Waals surface area contributed by atoms with Gasteiger partial charge in [0.15, 0.2) is 0 Å². The van der Waals surface area contributed by atoms with Gasteiger partial charge in [-0.1, -0.05) is 0 Å². The summed E-state index contributed by atoms with van der Waals surface area (Å²) in [4.78, 5) is 0. The first kappa shape index (κ1) is 33.8. The molecule has 37 heavy (non-hydrogen) atoms. The summed E-state index contributed by atoms with van der Waals surface area (Å²) >= 11 is 2.48. The van der Waals surface area contributed by atoms with Gasteiger partial charge in [-0.2, -0.15) is 0 Å². The quantitative estimate of drug-likeness (QED) is 0.279. The van der Waals surface area contributed by atoms with Crippen LogP contribution in [-0.4, -0.2) is 0 Å². The van der Waals surface area contributed by atoms with Crippen LogP contribution >= 0.6 is 0 Å². The van der Waals surface area contributed by atoms with E-state index in [1.165, 1.54) is 55.6 Å². The van der Waals surface area contributed by atoms with Crippen LogP contribution in [0.3, 0.4) is 0 Å². The molecule has 0 amide bonds. The normalized spacial score (nSPS) is 16.4. The number of hydrogen-bond donors (Lipinski definition) is 0. The molecule has 0 nitrogen and oxygen atoms in total. The molecule has 0 radical (unpaired) electrons. The summed E-state index contributed by atoms with van der Waals surface area (Å²) in [6.45, 7) is 15.7. The van der Waals surface area contributed by atoms with Crippen LogP contribution in [0.25, 0.3) is 0 Å². The third-order valence-electron chi connectivity index (χ3n) is 7.23. The summed E-state index contributed by atoms with van der Waals surface area (Å²) < 4.78 is -0.177. The van der Waals surface area contributed by atoms with Crippen molar-refractivity contribution in [3.05, 3.63) is 128 Å². The van der Waals surface area contributed by atoms with Gasteiger partial charge < -0.3 is 37.2 Å². The first-order valence-corrected chi connectivity index (χ1v) is 13.3. The monoisotopic (exact) mass is 586 g/mol. The average molecular weight is 588 g/mol. The van der Waals surface area contributed by atoms with Crippen molar-refractivity contribution in [3.63, 3.8) is 0 Å². The third-order valence-corrected chi connectivity index (χ3v) is 8.57. The van der Waals surface area contributed by atoms with Crippen LogP contribution < -0.4 is 37.2 Å². The number of aryl methyl sites for hydroxylation is 6. The minimum Gasteiger partial charge on any atom is -1.00 e. The fourth-order valence-electron chi connectivity index (χ4n) is 6.22. The van der Waals surface area contributed by atoms with Crippen LogP contribution in [0.2, 0.25) is 3.72 Å². The Hall–Kier alpha value is -1.28. The molecule has 0 aromatic heterocycles. The zero-order valence-corrected chi connectivity index (χ0v) is 26.8. The Morgan fingerprint density at radius 3 is 1.22 bits per heavy atom. The van der Waals surface area contributed by atoms with E-state index >= 15 is 0 Å². The Morgan fingerprint density at radius 2 is 0.919 bits per heavy atom. The second kappa shape index (κ2) is 13.2. The van der Waals surface area contributed by atoms with Gasteiger partial charge >= 0.3 is 219 Å². The van der Waals surface area contributed by atoms with Crippen molar-refractivity contribution in [1.82, 2.24) is 0 Å². The summed E-state index contributed by atoms with van der Waals surface area (Å²) in [5.74, 6) is 0. The minimum absolute atomic E-state index is 0. The molecule has 0 bridgehead atoms. The second-order valence-corrected chi connectivity index (χ2v) is 11.7. The molecule has 3 aromatic carbocycles. The van der Waals surface area contributed by atoms with Crippen molar-refractivity contribution in [2.45, 2.75) is 70.4 Å². The maximum Gasteiger partial charge on any atom is -1.00 e.